The number of hydrogen-bond donors (Lipinski definition) is 1. The molecule has 0 bridgehead atoms. The number of rotatable bonds is 3. The van der Waals surface area contributed by atoms with E-state index in [0.717, 1.165) is 19.5 Å². The minimum Gasteiger partial charge on any atom is -0.334 e. The van der Waals surface area contributed by atoms with Gasteiger partial charge < -0.3 is 10.2 Å². The molecule has 2 aliphatic heterocycles. The number of benzene rings is 2. The third-order valence-electron chi connectivity index (χ3n) is 5.33. The Morgan fingerprint density at radius 2 is 1.60 bits per heavy atom. The number of nitrogens with zero attached hydrogens (tertiary/aromatic N) is 1. The van der Waals surface area contributed by atoms with E-state index in [1.807, 2.05) is 4.90 Å². The van der Waals surface area contributed by atoms with Crippen molar-refractivity contribution in [2.45, 2.75) is 32.4 Å². The third-order valence-corrected chi connectivity index (χ3v) is 5.33. The molecule has 2 aromatic carbocycles. The van der Waals surface area contributed by atoms with Gasteiger partial charge in [-0.1, -0.05) is 48.5 Å². The molecule has 1 unspecified atom stereocenters. The highest BCUT2D eigenvalue weighted by Gasteiger charge is 2.23. The van der Waals surface area contributed by atoms with Crippen molar-refractivity contribution in [3.63, 3.8) is 0 Å². The standard InChI is InChI=1S/C21H24N2O.ClH/c24-21(10-9-16-11-12-22-13-16)23-14-17-5-1-3-7-19(17)20-8-4-2-6-18(20)15-23;/h1-8,16,22H,9-15H2;1H. The van der Waals surface area contributed by atoms with Crippen LogP contribution in [0.15, 0.2) is 48.5 Å². The Labute approximate surface area is 155 Å². The van der Waals surface area contributed by atoms with Crippen LogP contribution in [0, 0.1) is 5.92 Å². The molecule has 25 heavy (non-hydrogen) atoms. The number of nitrogens with one attached hydrogen (secondary N) is 1. The van der Waals surface area contributed by atoms with Gasteiger partial charge in [0, 0.05) is 19.5 Å². The minimum absolute atomic E-state index is 0. The van der Waals surface area contributed by atoms with Crippen molar-refractivity contribution in [2.24, 2.45) is 5.92 Å². The second-order valence-electron chi connectivity index (χ2n) is 6.96. The molecule has 4 heteroatoms. The SMILES string of the molecule is Cl.O=C(CCC1CCNC1)N1Cc2ccccc2-c2ccccc2C1. The van der Waals surface area contributed by atoms with Gasteiger partial charge in [-0.15, -0.1) is 12.4 Å². The maximum atomic E-state index is 12.8. The summed E-state index contributed by atoms with van der Waals surface area (Å²) in [5.41, 5.74) is 5.03. The van der Waals surface area contributed by atoms with Gasteiger partial charge in [0.05, 0.1) is 0 Å². The Kier molecular flexibility index (Phi) is 5.77. The monoisotopic (exact) mass is 356 g/mol. The molecular weight excluding hydrogens is 332 g/mol. The molecule has 0 aromatic heterocycles. The van der Waals surface area contributed by atoms with Crippen LogP contribution in [0.1, 0.15) is 30.4 Å². The molecule has 1 N–H and O–H groups in total. The molecule has 132 valence electrons. The Hall–Kier alpha value is -1.84. The largest absolute Gasteiger partial charge is 0.334 e. The van der Waals surface area contributed by atoms with Crippen molar-refractivity contribution < 1.29 is 4.79 Å². The second kappa shape index (κ2) is 8.03. The van der Waals surface area contributed by atoms with Crippen LogP contribution in [0.2, 0.25) is 0 Å². The second-order valence-corrected chi connectivity index (χ2v) is 6.96. The molecule has 3 nitrogen and oxygen atoms in total. The van der Waals surface area contributed by atoms with Gasteiger partial charge in [0.1, 0.15) is 0 Å². The highest BCUT2D eigenvalue weighted by molar-refractivity contribution is 5.85. The van der Waals surface area contributed by atoms with Gasteiger partial charge in [-0.2, -0.15) is 0 Å². The Morgan fingerprint density at radius 3 is 2.16 bits per heavy atom. The van der Waals surface area contributed by atoms with E-state index in [-0.39, 0.29) is 18.3 Å². The molecule has 2 aliphatic rings. The lowest BCUT2D eigenvalue weighted by Gasteiger charge is -2.22. The van der Waals surface area contributed by atoms with E-state index < -0.39 is 0 Å². The predicted octanol–water partition coefficient (Wildman–Crippen LogP) is 4.01. The maximum absolute atomic E-state index is 12.8. The van der Waals surface area contributed by atoms with Crippen LogP contribution in [-0.2, 0) is 17.9 Å². The van der Waals surface area contributed by atoms with E-state index in [1.54, 1.807) is 0 Å². The van der Waals surface area contributed by atoms with E-state index in [2.05, 4.69) is 53.8 Å². The molecule has 1 saturated heterocycles. The Balaban J connectivity index is 0.00000182. The zero-order chi connectivity index (χ0) is 16.4. The lowest BCUT2D eigenvalue weighted by molar-refractivity contribution is -0.132. The molecule has 1 amide bonds. The molecule has 1 atom stereocenters. The first-order valence-corrected chi connectivity index (χ1v) is 8.96. The zero-order valence-corrected chi connectivity index (χ0v) is 15.2. The molecule has 4 rings (SSSR count). The zero-order valence-electron chi connectivity index (χ0n) is 14.4. The summed E-state index contributed by atoms with van der Waals surface area (Å²) in [6.07, 6.45) is 2.88. The molecule has 2 heterocycles. The summed E-state index contributed by atoms with van der Waals surface area (Å²) in [5.74, 6) is 0.953. The van der Waals surface area contributed by atoms with Crippen molar-refractivity contribution in [2.75, 3.05) is 13.1 Å². The fourth-order valence-corrected chi connectivity index (χ4v) is 3.93. The first-order chi connectivity index (χ1) is 11.8. The normalized spacial score (nSPS) is 18.7. The van der Waals surface area contributed by atoms with Gasteiger partial charge in [-0.3, -0.25) is 4.79 Å². The van der Waals surface area contributed by atoms with Crippen molar-refractivity contribution >= 4 is 18.3 Å². The minimum atomic E-state index is 0. The summed E-state index contributed by atoms with van der Waals surface area (Å²) in [6, 6.07) is 17.0. The molecular formula is C21H25ClN2O. The number of hydrogen-bond acceptors (Lipinski definition) is 2. The molecule has 0 spiro atoms. The van der Waals surface area contributed by atoms with Crippen molar-refractivity contribution in [1.29, 1.82) is 0 Å². The van der Waals surface area contributed by atoms with Crippen LogP contribution in [-0.4, -0.2) is 23.9 Å². The van der Waals surface area contributed by atoms with Crippen molar-refractivity contribution in [3.8, 4) is 11.1 Å². The molecule has 0 aliphatic carbocycles. The Bertz CT molecular complexity index is 693. The number of carbonyl (C=O) groups excluding carboxylic acids is 1. The average molecular weight is 357 g/mol. The molecule has 0 radical (unpaired) electrons. The number of fused-ring (bicyclic) bond motifs is 3. The topological polar surface area (TPSA) is 32.3 Å². The highest BCUT2D eigenvalue weighted by Crippen LogP contribution is 2.32. The highest BCUT2D eigenvalue weighted by atomic mass is 35.5. The van der Waals surface area contributed by atoms with Crippen LogP contribution in [0.5, 0.6) is 0 Å². The van der Waals surface area contributed by atoms with E-state index in [0.29, 0.717) is 25.4 Å². The van der Waals surface area contributed by atoms with Gasteiger partial charge >= 0.3 is 0 Å². The van der Waals surface area contributed by atoms with E-state index >= 15 is 0 Å². The van der Waals surface area contributed by atoms with Crippen molar-refractivity contribution in [3.05, 3.63) is 59.7 Å². The number of halogens is 1. The van der Waals surface area contributed by atoms with E-state index in [4.69, 9.17) is 0 Å². The van der Waals surface area contributed by atoms with Crippen LogP contribution in [0.3, 0.4) is 0 Å². The fourth-order valence-electron chi connectivity index (χ4n) is 3.93. The molecule has 1 fully saturated rings. The first-order valence-electron chi connectivity index (χ1n) is 8.96. The van der Waals surface area contributed by atoms with Gasteiger partial charge in [-0.25, -0.2) is 0 Å². The van der Waals surface area contributed by atoms with Crippen LogP contribution >= 0.6 is 12.4 Å². The summed E-state index contributed by atoms with van der Waals surface area (Å²) in [6.45, 7) is 3.60. The van der Waals surface area contributed by atoms with Crippen LogP contribution < -0.4 is 5.32 Å². The molecule has 0 saturated carbocycles. The number of carbonyl (C=O) groups is 1. The van der Waals surface area contributed by atoms with Gasteiger partial charge in [-0.05, 0) is 54.1 Å². The van der Waals surface area contributed by atoms with Crippen molar-refractivity contribution in [1.82, 2.24) is 10.2 Å². The van der Waals surface area contributed by atoms with Gasteiger partial charge in [0.2, 0.25) is 5.91 Å². The fraction of sp³-hybridized carbons (Fsp3) is 0.381. The third kappa shape index (κ3) is 3.88. The maximum Gasteiger partial charge on any atom is 0.223 e. The lowest BCUT2D eigenvalue weighted by atomic mass is 9.97. The number of amides is 1. The van der Waals surface area contributed by atoms with E-state index in [9.17, 15) is 4.79 Å². The smallest absolute Gasteiger partial charge is 0.223 e. The summed E-state index contributed by atoms with van der Waals surface area (Å²) in [4.78, 5) is 14.9. The van der Waals surface area contributed by atoms with E-state index in [1.165, 1.54) is 28.7 Å². The first kappa shape index (κ1) is 18.0. The Morgan fingerprint density at radius 1 is 1.00 bits per heavy atom. The average Bonchev–Trinajstić information content (AvgIpc) is 3.07. The lowest BCUT2D eigenvalue weighted by Crippen LogP contribution is -2.29. The summed E-state index contributed by atoms with van der Waals surface area (Å²) in [7, 11) is 0. The summed E-state index contributed by atoms with van der Waals surface area (Å²) < 4.78 is 0. The quantitative estimate of drug-likeness (QED) is 0.901. The summed E-state index contributed by atoms with van der Waals surface area (Å²) in [5, 5.41) is 3.39. The summed E-state index contributed by atoms with van der Waals surface area (Å²) >= 11 is 0. The van der Waals surface area contributed by atoms with Crippen LogP contribution in [0.25, 0.3) is 11.1 Å². The van der Waals surface area contributed by atoms with Crippen LogP contribution in [0.4, 0.5) is 0 Å². The predicted molar refractivity (Wildman–Crippen MR) is 104 cm³/mol. The van der Waals surface area contributed by atoms with Gasteiger partial charge in [0.25, 0.3) is 0 Å². The molecule has 2 aromatic rings. The van der Waals surface area contributed by atoms with Gasteiger partial charge in [0.15, 0.2) is 0 Å².